The number of hydrogen-bond donors (Lipinski definition) is 1. The van der Waals surface area contributed by atoms with E-state index < -0.39 is 54.2 Å². The third-order valence-electron chi connectivity index (χ3n) is 3.57. The maximum Gasteiger partial charge on any atom is 0.585 e. The number of hydrogen-bond acceptors (Lipinski definition) is 7. The van der Waals surface area contributed by atoms with E-state index >= 15 is 0 Å². The van der Waals surface area contributed by atoms with Gasteiger partial charge < -0.3 is 9.84 Å². The lowest BCUT2D eigenvalue weighted by molar-refractivity contribution is -0.253. The van der Waals surface area contributed by atoms with Crippen LogP contribution in [0.15, 0.2) is 36.4 Å². The molecule has 0 spiro atoms. The summed E-state index contributed by atoms with van der Waals surface area (Å²) < 4.78 is 104. The van der Waals surface area contributed by atoms with Crippen molar-refractivity contribution in [3.05, 3.63) is 58.1 Å². The van der Waals surface area contributed by atoms with Gasteiger partial charge in [-0.3, -0.25) is 4.79 Å². The van der Waals surface area contributed by atoms with Gasteiger partial charge in [0, 0.05) is 10.7 Å². The number of alkyl halides is 6. The molecule has 0 saturated heterocycles. The summed E-state index contributed by atoms with van der Waals surface area (Å²) >= 11 is 5.81. The largest absolute Gasteiger partial charge is 0.585 e. The predicted octanol–water partition coefficient (Wildman–Crippen LogP) is 7.30. The standard InChI is InChI=1S/C17H13ClF6NO7P.C2H6/c1-28-31-33(27,32-29-2)30-14-4-3-11(18)8-13(14)15(26)25-12-6-9(16(19,20)21)5-10(7-12)17(22,23)24;1-2/h3-8H,1-2H3,(H,25,26);1-2H3. The number of nitrogens with one attached hydrogen (secondary N) is 1. The van der Waals surface area contributed by atoms with Gasteiger partial charge in [0.15, 0.2) is 0 Å². The molecule has 0 atom stereocenters. The van der Waals surface area contributed by atoms with E-state index in [0.29, 0.717) is 12.1 Å². The van der Waals surface area contributed by atoms with Gasteiger partial charge in [0.1, 0.15) is 5.75 Å². The maximum atomic E-state index is 13.0. The fourth-order valence-electron chi connectivity index (χ4n) is 2.33. The van der Waals surface area contributed by atoms with Gasteiger partial charge in [-0.05, 0) is 36.4 Å². The minimum Gasteiger partial charge on any atom is -0.400 e. The molecule has 35 heavy (non-hydrogen) atoms. The molecule has 0 unspecified atom stereocenters. The number of carbonyl (C=O) groups is 1. The molecule has 1 amide bonds. The smallest absolute Gasteiger partial charge is 0.400 e. The van der Waals surface area contributed by atoms with Gasteiger partial charge in [-0.2, -0.15) is 26.3 Å². The average Bonchev–Trinajstić information content (AvgIpc) is 2.75. The van der Waals surface area contributed by atoms with E-state index in [9.17, 15) is 35.7 Å². The van der Waals surface area contributed by atoms with Crippen molar-refractivity contribution in [2.75, 3.05) is 19.5 Å². The van der Waals surface area contributed by atoms with Crippen molar-refractivity contribution in [2.45, 2.75) is 26.2 Å². The molecule has 0 heterocycles. The van der Waals surface area contributed by atoms with Crippen LogP contribution >= 0.6 is 19.4 Å². The first-order valence-electron chi connectivity index (χ1n) is 9.33. The minimum atomic E-state index is -5.13. The molecule has 0 fully saturated rings. The van der Waals surface area contributed by atoms with Crippen molar-refractivity contribution in [3.63, 3.8) is 0 Å². The summed E-state index contributed by atoms with van der Waals surface area (Å²) in [5.74, 6) is -1.81. The monoisotopic (exact) mass is 553 g/mol. The summed E-state index contributed by atoms with van der Waals surface area (Å²) in [7, 11) is -2.75. The third-order valence-corrected chi connectivity index (χ3v) is 4.89. The van der Waals surface area contributed by atoms with Gasteiger partial charge >= 0.3 is 20.2 Å². The Morgan fingerprint density at radius 2 is 1.37 bits per heavy atom. The molecule has 0 aromatic heterocycles. The summed E-state index contributed by atoms with van der Waals surface area (Å²) in [6.07, 6.45) is -10.3. The quantitative estimate of drug-likeness (QED) is 0.159. The molecule has 0 aliphatic heterocycles. The van der Waals surface area contributed by atoms with Crippen LogP contribution in [0.2, 0.25) is 5.02 Å². The fraction of sp³-hybridized carbons (Fsp3) is 0.316. The van der Waals surface area contributed by atoms with E-state index in [1.54, 1.807) is 0 Å². The fourth-order valence-corrected chi connectivity index (χ4v) is 3.35. The summed E-state index contributed by atoms with van der Waals surface area (Å²) in [4.78, 5) is 21.1. The van der Waals surface area contributed by atoms with E-state index in [4.69, 9.17) is 16.1 Å². The number of phosphoric acid groups is 1. The lowest BCUT2D eigenvalue weighted by atomic mass is 10.1. The summed E-state index contributed by atoms with van der Waals surface area (Å²) in [5, 5.41) is 1.81. The maximum absolute atomic E-state index is 13.0. The Kier molecular flexibility index (Phi) is 11.0. The lowest BCUT2D eigenvalue weighted by Gasteiger charge is -2.17. The number of carbonyl (C=O) groups excluding carboxylic acids is 1. The molecule has 0 aliphatic carbocycles. The van der Waals surface area contributed by atoms with Crippen molar-refractivity contribution >= 4 is 31.0 Å². The molecule has 196 valence electrons. The molecule has 0 aliphatic rings. The first-order valence-corrected chi connectivity index (χ1v) is 11.2. The highest BCUT2D eigenvalue weighted by Crippen LogP contribution is 2.50. The Morgan fingerprint density at radius 3 is 1.80 bits per heavy atom. The van der Waals surface area contributed by atoms with E-state index in [1.165, 1.54) is 6.07 Å². The molecule has 0 bridgehead atoms. The Balaban J connectivity index is 0.00000298. The zero-order chi connectivity index (χ0) is 27.0. The molecule has 0 saturated carbocycles. The van der Waals surface area contributed by atoms with Gasteiger partial charge in [-0.25, -0.2) is 14.3 Å². The van der Waals surface area contributed by atoms with Crippen LogP contribution in [0, 0.1) is 0 Å². The second-order valence-electron chi connectivity index (χ2n) is 5.91. The molecular formula is C19H19ClF6NO7P. The average molecular weight is 554 g/mol. The third kappa shape index (κ3) is 8.98. The van der Waals surface area contributed by atoms with Crippen LogP contribution in [0.1, 0.15) is 35.3 Å². The highest BCUT2D eigenvalue weighted by molar-refractivity contribution is 7.48. The number of halogens is 7. The zero-order valence-corrected chi connectivity index (χ0v) is 20.1. The van der Waals surface area contributed by atoms with E-state index in [1.807, 2.05) is 19.2 Å². The van der Waals surface area contributed by atoms with Gasteiger partial charge in [0.05, 0.1) is 30.9 Å². The highest BCUT2D eigenvalue weighted by Gasteiger charge is 2.37. The Morgan fingerprint density at radius 1 is 0.886 bits per heavy atom. The Labute approximate surface area is 200 Å². The number of rotatable bonds is 8. The van der Waals surface area contributed by atoms with Gasteiger partial charge in [0.25, 0.3) is 5.91 Å². The normalized spacial score (nSPS) is 12.0. The minimum absolute atomic E-state index is 0.0809. The molecule has 16 heteroatoms. The van der Waals surface area contributed by atoms with Crippen LogP contribution in [-0.2, 0) is 36.0 Å². The zero-order valence-electron chi connectivity index (χ0n) is 18.4. The first kappa shape index (κ1) is 30.7. The van der Waals surface area contributed by atoms with E-state index in [2.05, 4.69) is 19.1 Å². The Bertz CT molecular complexity index is 1020. The summed E-state index contributed by atoms with van der Waals surface area (Å²) in [5.41, 5.74) is -4.69. The lowest BCUT2D eigenvalue weighted by Crippen LogP contribution is -2.17. The number of benzene rings is 2. The van der Waals surface area contributed by atoms with E-state index in [0.717, 1.165) is 26.4 Å². The van der Waals surface area contributed by atoms with Gasteiger partial charge in [-0.15, -0.1) is 9.35 Å². The molecular weight excluding hydrogens is 535 g/mol. The molecule has 8 nitrogen and oxygen atoms in total. The van der Waals surface area contributed by atoms with Crippen molar-refractivity contribution < 1.29 is 59.3 Å². The van der Waals surface area contributed by atoms with Crippen LogP contribution in [0.3, 0.4) is 0 Å². The number of amides is 1. The first-order chi connectivity index (χ1) is 16.2. The van der Waals surface area contributed by atoms with Crippen molar-refractivity contribution in [3.8, 4) is 5.75 Å². The van der Waals surface area contributed by atoms with Crippen LogP contribution < -0.4 is 9.84 Å². The van der Waals surface area contributed by atoms with E-state index in [-0.39, 0.29) is 11.1 Å². The molecule has 2 aromatic rings. The molecule has 2 rings (SSSR count). The van der Waals surface area contributed by atoms with Crippen molar-refractivity contribution in [1.29, 1.82) is 0 Å². The van der Waals surface area contributed by atoms with Crippen LogP contribution in [0.4, 0.5) is 32.0 Å². The highest BCUT2D eigenvalue weighted by atomic mass is 35.5. The predicted molar refractivity (Wildman–Crippen MR) is 112 cm³/mol. The summed E-state index contributed by atoms with van der Waals surface area (Å²) in [6.45, 7) is 4.00. The van der Waals surface area contributed by atoms with Crippen LogP contribution in [0.5, 0.6) is 5.75 Å². The Hall–Kier alpha value is -2.35. The van der Waals surface area contributed by atoms with Gasteiger partial charge in [0.2, 0.25) is 0 Å². The van der Waals surface area contributed by atoms with Crippen molar-refractivity contribution in [2.24, 2.45) is 0 Å². The molecule has 2 aromatic carbocycles. The second-order valence-corrected chi connectivity index (χ2v) is 7.72. The number of anilines is 1. The van der Waals surface area contributed by atoms with Crippen LogP contribution in [-0.4, -0.2) is 20.1 Å². The van der Waals surface area contributed by atoms with Crippen molar-refractivity contribution in [1.82, 2.24) is 0 Å². The second kappa shape index (κ2) is 12.6. The van der Waals surface area contributed by atoms with Gasteiger partial charge in [-0.1, -0.05) is 25.4 Å². The SMILES string of the molecule is CC.COOP(=O)(OOC)Oc1ccc(Cl)cc1C(=O)Nc1cc(C(F)(F)F)cc(C(F)(F)F)c1. The van der Waals surface area contributed by atoms with Crippen LogP contribution in [0.25, 0.3) is 0 Å². The molecule has 0 radical (unpaired) electrons. The molecule has 1 N–H and O–H groups in total. The summed E-state index contributed by atoms with van der Waals surface area (Å²) in [6, 6.07) is 3.60. The topological polar surface area (TPSA) is 92.3 Å².